The summed E-state index contributed by atoms with van der Waals surface area (Å²) in [7, 11) is 0. The molecule has 0 aliphatic carbocycles. The number of benzene rings is 1. The maximum absolute atomic E-state index is 12.1. The van der Waals surface area contributed by atoms with Crippen LogP contribution in [0.3, 0.4) is 0 Å². The molecule has 4 heteroatoms. The van der Waals surface area contributed by atoms with Crippen molar-refractivity contribution >= 4 is 11.9 Å². The van der Waals surface area contributed by atoms with Gasteiger partial charge in [-0.2, -0.15) is 0 Å². The maximum atomic E-state index is 12.1. The Labute approximate surface area is 120 Å². The van der Waals surface area contributed by atoms with Crippen LogP contribution in [0, 0.1) is 5.92 Å². The lowest BCUT2D eigenvalue weighted by molar-refractivity contribution is -0.144. The topological polar surface area (TPSA) is 57.6 Å². The minimum Gasteiger partial charge on any atom is -0.480 e. The van der Waals surface area contributed by atoms with Gasteiger partial charge in [0.15, 0.2) is 0 Å². The van der Waals surface area contributed by atoms with E-state index in [1.165, 1.54) is 4.90 Å². The van der Waals surface area contributed by atoms with E-state index in [2.05, 4.69) is 13.8 Å². The highest BCUT2D eigenvalue weighted by Crippen LogP contribution is 2.08. The first-order valence-corrected chi connectivity index (χ1v) is 7.02. The summed E-state index contributed by atoms with van der Waals surface area (Å²) in [5.41, 5.74) is 1.11. The predicted molar refractivity (Wildman–Crippen MR) is 78.4 cm³/mol. The van der Waals surface area contributed by atoms with E-state index < -0.39 is 5.97 Å². The first kappa shape index (κ1) is 16.2. The summed E-state index contributed by atoms with van der Waals surface area (Å²) in [6.45, 7) is 4.34. The van der Waals surface area contributed by atoms with Gasteiger partial charge in [0.05, 0.1) is 0 Å². The molecule has 0 atom stereocenters. The largest absolute Gasteiger partial charge is 0.480 e. The van der Waals surface area contributed by atoms with E-state index in [4.69, 9.17) is 5.11 Å². The van der Waals surface area contributed by atoms with E-state index in [1.807, 2.05) is 30.3 Å². The molecule has 0 radical (unpaired) electrons. The normalized spacial score (nSPS) is 10.6. The second kappa shape index (κ2) is 8.35. The van der Waals surface area contributed by atoms with Gasteiger partial charge in [-0.1, -0.05) is 44.2 Å². The van der Waals surface area contributed by atoms with Crippen molar-refractivity contribution in [1.82, 2.24) is 4.90 Å². The van der Waals surface area contributed by atoms with Crippen LogP contribution in [0.5, 0.6) is 0 Å². The first-order valence-electron chi connectivity index (χ1n) is 7.02. The zero-order valence-corrected chi connectivity index (χ0v) is 12.2. The third-order valence-electron chi connectivity index (χ3n) is 3.13. The summed E-state index contributed by atoms with van der Waals surface area (Å²) in [5.74, 6) is -0.590. The molecular weight excluding hydrogens is 254 g/mol. The predicted octanol–water partition coefficient (Wildman–Crippen LogP) is 2.58. The molecule has 20 heavy (non-hydrogen) atoms. The summed E-state index contributed by atoms with van der Waals surface area (Å²) >= 11 is 0. The van der Waals surface area contributed by atoms with Gasteiger partial charge in [-0.05, 0) is 24.3 Å². The van der Waals surface area contributed by atoms with Crippen molar-refractivity contribution in [3.8, 4) is 0 Å². The lowest BCUT2D eigenvalue weighted by Crippen LogP contribution is -2.37. The molecule has 0 heterocycles. The Balaban J connectivity index is 2.55. The molecule has 1 aromatic rings. The van der Waals surface area contributed by atoms with Crippen molar-refractivity contribution in [3.63, 3.8) is 0 Å². The molecule has 0 saturated heterocycles. The van der Waals surface area contributed by atoms with Crippen LogP contribution in [0.2, 0.25) is 0 Å². The minimum atomic E-state index is -0.962. The van der Waals surface area contributed by atoms with Crippen LogP contribution in [0.15, 0.2) is 30.3 Å². The van der Waals surface area contributed by atoms with Gasteiger partial charge in [-0.3, -0.25) is 9.59 Å². The van der Waals surface area contributed by atoms with Gasteiger partial charge >= 0.3 is 5.97 Å². The number of amides is 1. The van der Waals surface area contributed by atoms with E-state index >= 15 is 0 Å². The van der Waals surface area contributed by atoms with E-state index in [-0.39, 0.29) is 12.5 Å². The first-order chi connectivity index (χ1) is 9.49. The molecule has 1 amide bonds. The summed E-state index contributed by atoms with van der Waals surface area (Å²) in [4.78, 5) is 24.4. The third kappa shape index (κ3) is 6.36. The second-order valence-electron chi connectivity index (χ2n) is 5.38. The van der Waals surface area contributed by atoms with Gasteiger partial charge in [0.2, 0.25) is 5.91 Å². The van der Waals surface area contributed by atoms with Crippen molar-refractivity contribution in [2.24, 2.45) is 5.92 Å². The third-order valence-corrected chi connectivity index (χ3v) is 3.13. The highest BCUT2D eigenvalue weighted by Gasteiger charge is 2.16. The van der Waals surface area contributed by atoms with E-state index in [9.17, 15) is 9.59 Å². The number of nitrogens with zero attached hydrogens (tertiary/aromatic N) is 1. The fraction of sp³-hybridized carbons (Fsp3) is 0.500. The fourth-order valence-corrected chi connectivity index (χ4v) is 1.93. The van der Waals surface area contributed by atoms with Gasteiger partial charge < -0.3 is 10.0 Å². The summed E-state index contributed by atoms with van der Waals surface area (Å²) in [6.07, 6.45) is 1.89. The van der Waals surface area contributed by atoms with Crippen LogP contribution in [-0.4, -0.2) is 35.0 Å². The maximum Gasteiger partial charge on any atom is 0.323 e. The van der Waals surface area contributed by atoms with Crippen LogP contribution in [0.25, 0.3) is 0 Å². The molecule has 0 spiro atoms. The van der Waals surface area contributed by atoms with Gasteiger partial charge in [0.1, 0.15) is 6.54 Å². The average Bonchev–Trinajstić information content (AvgIpc) is 2.41. The van der Waals surface area contributed by atoms with Crippen LogP contribution in [-0.2, 0) is 16.0 Å². The van der Waals surface area contributed by atoms with Crippen LogP contribution in [0.4, 0.5) is 0 Å². The lowest BCUT2D eigenvalue weighted by Gasteiger charge is -2.21. The molecule has 0 saturated carbocycles. The Bertz CT molecular complexity index is 429. The molecular formula is C16H23NO3. The van der Waals surface area contributed by atoms with E-state index in [0.717, 1.165) is 12.0 Å². The van der Waals surface area contributed by atoms with Gasteiger partial charge in [0.25, 0.3) is 0 Å². The molecule has 0 aliphatic heterocycles. The average molecular weight is 277 g/mol. The lowest BCUT2D eigenvalue weighted by atomic mass is 10.1. The molecule has 1 N–H and O–H groups in total. The molecule has 1 rings (SSSR count). The number of carbonyl (C=O) groups excluding carboxylic acids is 1. The van der Waals surface area contributed by atoms with Crippen LogP contribution < -0.4 is 0 Å². The molecule has 110 valence electrons. The summed E-state index contributed by atoms with van der Waals surface area (Å²) < 4.78 is 0. The summed E-state index contributed by atoms with van der Waals surface area (Å²) in [6, 6.07) is 9.79. The number of aliphatic carboxylic acids is 1. The number of hydrogen-bond acceptors (Lipinski definition) is 2. The van der Waals surface area contributed by atoms with Gasteiger partial charge in [-0.15, -0.1) is 0 Å². The Morgan fingerprint density at radius 3 is 2.40 bits per heavy atom. The molecule has 0 unspecified atom stereocenters. The molecule has 0 aliphatic rings. The number of carboxylic acids is 1. The Kier molecular flexibility index (Phi) is 6.77. The fourth-order valence-electron chi connectivity index (χ4n) is 1.93. The van der Waals surface area contributed by atoms with Crippen molar-refractivity contribution in [1.29, 1.82) is 0 Å². The zero-order valence-electron chi connectivity index (χ0n) is 12.2. The van der Waals surface area contributed by atoms with Gasteiger partial charge in [-0.25, -0.2) is 0 Å². The Morgan fingerprint density at radius 2 is 1.85 bits per heavy atom. The van der Waals surface area contributed by atoms with Crippen molar-refractivity contribution in [2.45, 2.75) is 33.1 Å². The molecule has 4 nitrogen and oxygen atoms in total. The van der Waals surface area contributed by atoms with Gasteiger partial charge in [0, 0.05) is 13.0 Å². The standard InChI is InChI=1S/C16H23NO3/c1-13(2)8-9-15(18)17(12-16(19)20)11-10-14-6-4-3-5-7-14/h3-7,13H,8-12H2,1-2H3,(H,19,20). The molecule has 0 fully saturated rings. The Hall–Kier alpha value is -1.84. The number of hydrogen-bond donors (Lipinski definition) is 1. The number of carbonyl (C=O) groups is 2. The summed E-state index contributed by atoms with van der Waals surface area (Å²) in [5, 5.41) is 8.91. The van der Waals surface area contributed by atoms with Crippen LogP contribution in [0.1, 0.15) is 32.3 Å². The SMILES string of the molecule is CC(C)CCC(=O)N(CCc1ccccc1)CC(=O)O. The molecule has 1 aromatic carbocycles. The zero-order chi connectivity index (χ0) is 15.0. The van der Waals surface area contributed by atoms with Crippen molar-refractivity contribution < 1.29 is 14.7 Å². The highest BCUT2D eigenvalue weighted by molar-refractivity contribution is 5.81. The Morgan fingerprint density at radius 1 is 1.20 bits per heavy atom. The van der Waals surface area contributed by atoms with Crippen LogP contribution >= 0.6 is 0 Å². The quantitative estimate of drug-likeness (QED) is 0.794. The van der Waals surface area contributed by atoms with E-state index in [0.29, 0.717) is 25.3 Å². The highest BCUT2D eigenvalue weighted by atomic mass is 16.4. The monoisotopic (exact) mass is 277 g/mol. The number of carboxylic acid groups (broad SMARTS) is 1. The van der Waals surface area contributed by atoms with Crippen molar-refractivity contribution in [3.05, 3.63) is 35.9 Å². The second-order valence-corrected chi connectivity index (χ2v) is 5.38. The smallest absolute Gasteiger partial charge is 0.323 e. The minimum absolute atomic E-state index is 0.0722. The van der Waals surface area contributed by atoms with Crippen molar-refractivity contribution in [2.75, 3.05) is 13.1 Å². The van der Waals surface area contributed by atoms with E-state index in [1.54, 1.807) is 0 Å². The number of rotatable bonds is 8. The molecule has 0 aromatic heterocycles. The molecule has 0 bridgehead atoms.